The van der Waals surface area contributed by atoms with Crippen LogP contribution in [-0.4, -0.2) is 6.04 Å². The summed E-state index contributed by atoms with van der Waals surface area (Å²) in [5.41, 5.74) is -0.124. The van der Waals surface area contributed by atoms with Gasteiger partial charge in [-0.25, -0.2) is 0 Å². The smallest absolute Gasteiger partial charge is 0.381 e. The summed E-state index contributed by atoms with van der Waals surface area (Å²) >= 11 is 5.89. The van der Waals surface area contributed by atoms with Gasteiger partial charge in [-0.1, -0.05) is 18.5 Å². The van der Waals surface area contributed by atoms with Crippen molar-refractivity contribution in [3.8, 4) is 0 Å². The lowest BCUT2D eigenvalue weighted by atomic mass is 10.1. The molecule has 2 unspecified atom stereocenters. The second-order valence-corrected chi connectivity index (χ2v) is 5.36. The Kier molecular flexibility index (Phi) is 3.76. The molecule has 1 aromatic rings. The number of hydrogen-bond acceptors (Lipinski definition) is 1. The summed E-state index contributed by atoms with van der Waals surface area (Å²) in [6, 6.07) is 3.76. The van der Waals surface area contributed by atoms with Crippen molar-refractivity contribution in [1.82, 2.24) is 0 Å². The molecule has 0 amide bonds. The molecule has 0 saturated heterocycles. The van der Waals surface area contributed by atoms with Gasteiger partial charge in [0.25, 0.3) is 0 Å². The normalized spacial score (nSPS) is 24.3. The molecule has 0 spiro atoms. The Hall–Kier alpha value is -0.900. The van der Waals surface area contributed by atoms with Gasteiger partial charge in [0, 0.05) is 6.04 Å². The van der Waals surface area contributed by atoms with E-state index in [0.29, 0.717) is 17.6 Å². The SMILES string of the molecule is CC1CCC(Nc2ccc(C(F)(F)F)cc2Cl)C1. The number of alkyl halides is 3. The van der Waals surface area contributed by atoms with Crippen LogP contribution in [0.2, 0.25) is 5.02 Å². The maximum Gasteiger partial charge on any atom is 0.416 e. The lowest BCUT2D eigenvalue weighted by Crippen LogP contribution is -2.16. The Morgan fingerprint density at radius 1 is 1.28 bits per heavy atom. The molecule has 1 nitrogen and oxygen atoms in total. The average Bonchev–Trinajstić information content (AvgIpc) is 2.65. The molecule has 1 aliphatic carbocycles. The van der Waals surface area contributed by atoms with Crippen LogP contribution in [0.15, 0.2) is 18.2 Å². The van der Waals surface area contributed by atoms with Gasteiger partial charge < -0.3 is 5.32 Å². The monoisotopic (exact) mass is 277 g/mol. The summed E-state index contributed by atoms with van der Waals surface area (Å²) < 4.78 is 37.4. The molecule has 2 rings (SSSR count). The summed E-state index contributed by atoms with van der Waals surface area (Å²) in [5.74, 6) is 0.663. The van der Waals surface area contributed by atoms with Crippen LogP contribution in [-0.2, 0) is 6.18 Å². The van der Waals surface area contributed by atoms with Crippen LogP contribution in [0.25, 0.3) is 0 Å². The maximum absolute atomic E-state index is 12.5. The molecule has 1 aliphatic rings. The molecule has 0 heterocycles. The Balaban J connectivity index is 2.10. The fourth-order valence-electron chi connectivity index (χ4n) is 2.37. The van der Waals surface area contributed by atoms with Crippen molar-refractivity contribution in [1.29, 1.82) is 0 Å². The fraction of sp³-hybridized carbons (Fsp3) is 0.538. The van der Waals surface area contributed by atoms with Crippen molar-refractivity contribution in [2.24, 2.45) is 5.92 Å². The molecule has 1 saturated carbocycles. The zero-order chi connectivity index (χ0) is 13.3. The van der Waals surface area contributed by atoms with Gasteiger partial charge in [0.1, 0.15) is 0 Å². The molecule has 18 heavy (non-hydrogen) atoms. The molecule has 1 N–H and O–H groups in total. The quantitative estimate of drug-likeness (QED) is 0.806. The predicted octanol–water partition coefficient (Wildman–Crippen LogP) is 4.96. The Morgan fingerprint density at radius 2 is 2.00 bits per heavy atom. The number of nitrogens with one attached hydrogen (secondary N) is 1. The van der Waals surface area contributed by atoms with Gasteiger partial charge >= 0.3 is 6.18 Å². The molecule has 0 radical (unpaired) electrons. The molecule has 0 bridgehead atoms. The Bertz CT molecular complexity index is 431. The summed E-state index contributed by atoms with van der Waals surface area (Å²) in [6.07, 6.45) is -1.12. The van der Waals surface area contributed by atoms with Crippen LogP contribution in [0.3, 0.4) is 0 Å². The van der Waals surface area contributed by atoms with Gasteiger partial charge in [-0.3, -0.25) is 0 Å². The number of halogens is 4. The topological polar surface area (TPSA) is 12.0 Å². The molecule has 1 aromatic carbocycles. The van der Waals surface area contributed by atoms with Gasteiger partial charge in [0.2, 0.25) is 0 Å². The van der Waals surface area contributed by atoms with E-state index in [1.54, 1.807) is 0 Å². The first-order valence-corrected chi connectivity index (χ1v) is 6.37. The van der Waals surface area contributed by atoms with Crippen LogP contribution in [0.4, 0.5) is 18.9 Å². The highest BCUT2D eigenvalue weighted by molar-refractivity contribution is 6.33. The van der Waals surface area contributed by atoms with Crippen molar-refractivity contribution in [2.45, 2.75) is 38.4 Å². The van der Waals surface area contributed by atoms with Gasteiger partial charge in [-0.2, -0.15) is 13.2 Å². The average molecular weight is 278 g/mol. The minimum absolute atomic E-state index is 0.129. The lowest BCUT2D eigenvalue weighted by Gasteiger charge is -2.16. The Labute approximate surface area is 109 Å². The fourth-order valence-corrected chi connectivity index (χ4v) is 2.60. The van der Waals surface area contributed by atoms with E-state index in [2.05, 4.69) is 12.2 Å². The summed E-state index contributed by atoms with van der Waals surface area (Å²) in [6.45, 7) is 2.18. The highest BCUT2D eigenvalue weighted by atomic mass is 35.5. The van der Waals surface area contributed by atoms with Crippen LogP contribution in [0.1, 0.15) is 31.7 Å². The van der Waals surface area contributed by atoms with Gasteiger partial charge in [0.05, 0.1) is 16.3 Å². The summed E-state index contributed by atoms with van der Waals surface area (Å²) in [7, 11) is 0. The zero-order valence-corrected chi connectivity index (χ0v) is 10.8. The third-order valence-corrected chi connectivity index (χ3v) is 3.66. The largest absolute Gasteiger partial charge is 0.416 e. The third-order valence-electron chi connectivity index (χ3n) is 3.35. The summed E-state index contributed by atoms with van der Waals surface area (Å²) in [5, 5.41) is 3.35. The molecule has 100 valence electrons. The van der Waals surface area contributed by atoms with Crippen molar-refractivity contribution in [3.63, 3.8) is 0 Å². The van der Waals surface area contributed by atoms with E-state index in [4.69, 9.17) is 11.6 Å². The van der Waals surface area contributed by atoms with Gasteiger partial charge in [-0.15, -0.1) is 0 Å². The van der Waals surface area contributed by atoms with Crippen molar-refractivity contribution in [2.75, 3.05) is 5.32 Å². The first-order valence-electron chi connectivity index (χ1n) is 5.99. The van der Waals surface area contributed by atoms with Crippen LogP contribution < -0.4 is 5.32 Å². The number of benzene rings is 1. The molecular weight excluding hydrogens is 263 g/mol. The first-order chi connectivity index (χ1) is 8.36. The van der Waals surface area contributed by atoms with Crippen LogP contribution in [0.5, 0.6) is 0 Å². The predicted molar refractivity (Wildman–Crippen MR) is 66.9 cm³/mol. The number of anilines is 1. The standard InChI is InChI=1S/C13H15ClF3N/c1-8-2-4-10(6-8)18-12-5-3-9(7-11(12)14)13(15,16)17/h3,5,7-8,10,18H,2,4,6H2,1H3. The molecule has 0 aromatic heterocycles. The summed E-state index contributed by atoms with van der Waals surface area (Å²) in [4.78, 5) is 0. The molecule has 0 aliphatic heterocycles. The molecule has 1 fully saturated rings. The molecule has 2 atom stereocenters. The lowest BCUT2D eigenvalue weighted by molar-refractivity contribution is -0.137. The van der Waals surface area contributed by atoms with E-state index < -0.39 is 11.7 Å². The van der Waals surface area contributed by atoms with E-state index in [1.165, 1.54) is 6.07 Å². The van der Waals surface area contributed by atoms with E-state index in [1.807, 2.05) is 0 Å². The van der Waals surface area contributed by atoms with Crippen molar-refractivity contribution >= 4 is 17.3 Å². The number of rotatable bonds is 2. The van der Waals surface area contributed by atoms with Crippen LogP contribution in [0, 0.1) is 5.92 Å². The second kappa shape index (κ2) is 5.00. The number of hydrogen-bond donors (Lipinski definition) is 1. The van der Waals surface area contributed by atoms with Crippen molar-refractivity contribution < 1.29 is 13.2 Å². The first kappa shape index (κ1) is 13.5. The van der Waals surface area contributed by atoms with E-state index in [0.717, 1.165) is 31.4 Å². The van der Waals surface area contributed by atoms with E-state index >= 15 is 0 Å². The molecular formula is C13H15ClF3N. The van der Waals surface area contributed by atoms with Crippen LogP contribution >= 0.6 is 11.6 Å². The maximum atomic E-state index is 12.5. The minimum atomic E-state index is -4.34. The van der Waals surface area contributed by atoms with E-state index in [-0.39, 0.29) is 5.02 Å². The van der Waals surface area contributed by atoms with Crippen molar-refractivity contribution in [3.05, 3.63) is 28.8 Å². The molecule has 5 heteroatoms. The third kappa shape index (κ3) is 3.10. The van der Waals surface area contributed by atoms with Gasteiger partial charge in [-0.05, 0) is 43.4 Å². The van der Waals surface area contributed by atoms with E-state index in [9.17, 15) is 13.2 Å². The Morgan fingerprint density at radius 3 is 2.50 bits per heavy atom. The highest BCUT2D eigenvalue weighted by Gasteiger charge is 2.31. The highest BCUT2D eigenvalue weighted by Crippen LogP contribution is 2.35. The van der Waals surface area contributed by atoms with Gasteiger partial charge in [0.15, 0.2) is 0 Å². The zero-order valence-electron chi connectivity index (χ0n) is 10.0. The second-order valence-electron chi connectivity index (χ2n) is 4.95. The minimum Gasteiger partial charge on any atom is -0.381 e.